The minimum atomic E-state index is -0.769. The van der Waals surface area contributed by atoms with Crippen molar-refractivity contribution in [1.82, 2.24) is 15.6 Å². The summed E-state index contributed by atoms with van der Waals surface area (Å²) in [7, 11) is 4.76. The maximum Gasteiger partial charge on any atom is 0.274 e. The number of anilines is 1. The average Bonchev–Trinajstić information content (AvgIpc) is 2.76. The molecule has 2 aliphatic rings. The third kappa shape index (κ3) is 4.88. The summed E-state index contributed by atoms with van der Waals surface area (Å²) >= 11 is 0. The quantitative estimate of drug-likeness (QED) is 0.482. The number of pyridine rings is 1. The van der Waals surface area contributed by atoms with Gasteiger partial charge < -0.3 is 24.4 Å². The molecule has 0 aromatic carbocycles. The SMILES string of the molecule is COc1cc(N2CCC(C(OC)OC)CC2)cnc1C(=O)N[C@H]1CCC(=O)NC1=O. The fraction of sp³-hybridized carbons (Fsp3) is 0.600. The summed E-state index contributed by atoms with van der Waals surface area (Å²) in [5.41, 5.74) is 0.953. The number of hydrogen-bond acceptors (Lipinski definition) is 8. The zero-order chi connectivity index (χ0) is 21.7. The molecule has 0 unspecified atom stereocenters. The highest BCUT2D eigenvalue weighted by atomic mass is 16.7. The van der Waals surface area contributed by atoms with Crippen molar-refractivity contribution >= 4 is 23.4 Å². The lowest BCUT2D eigenvalue weighted by Gasteiger charge is -2.36. The number of ether oxygens (including phenoxy) is 3. The highest BCUT2D eigenvalue weighted by molar-refractivity contribution is 6.04. The number of imide groups is 1. The monoisotopic (exact) mass is 420 g/mol. The normalized spacial score (nSPS) is 20.3. The lowest BCUT2D eigenvalue weighted by Crippen LogP contribution is -2.52. The van der Waals surface area contributed by atoms with Gasteiger partial charge in [-0.15, -0.1) is 0 Å². The van der Waals surface area contributed by atoms with E-state index in [0.717, 1.165) is 31.6 Å². The molecule has 1 atom stereocenters. The lowest BCUT2D eigenvalue weighted by atomic mass is 9.96. The van der Waals surface area contributed by atoms with Crippen LogP contribution in [0, 0.1) is 5.92 Å². The maximum atomic E-state index is 12.6. The van der Waals surface area contributed by atoms with Crippen LogP contribution in [0.4, 0.5) is 5.69 Å². The second-order valence-corrected chi connectivity index (χ2v) is 7.39. The maximum absolute atomic E-state index is 12.6. The number of methoxy groups -OCH3 is 3. The highest BCUT2D eigenvalue weighted by Gasteiger charge is 2.30. The Kier molecular flexibility index (Phi) is 7.22. The Balaban J connectivity index is 1.66. The summed E-state index contributed by atoms with van der Waals surface area (Å²) in [6.45, 7) is 1.61. The number of amides is 3. The Bertz CT molecular complexity index is 790. The van der Waals surface area contributed by atoms with Crippen LogP contribution in [-0.2, 0) is 19.1 Å². The van der Waals surface area contributed by atoms with Gasteiger partial charge in [0.2, 0.25) is 11.8 Å². The molecule has 3 heterocycles. The molecule has 30 heavy (non-hydrogen) atoms. The van der Waals surface area contributed by atoms with E-state index in [2.05, 4.69) is 20.5 Å². The summed E-state index contributed by atoms with van der Waals surface area (Å²) in [5.74, 6) is -0.717. The van der Waals surface area contributed by atoms with Gasteiger partial charge in [-0.05, 0) is 19.3 Å². The van der Waals surface area contributed by atoms with Crippen LogP contribution in [0.2, 0.25) is 0 Å². The van der Waals surface area contributed by atoms with Gasteiger partial charge in [0, 0.05) is 45.7 Å². The molecule has 10 nitrogen and oxygen atoms in total. The second-order valence-electron chi connectivity index (χ2n) is 7.39. The lowest BCUT2D eigenvalue weighted by molar-refractivity contribution is -0.141. The van der Waals surface area contributed by atoms with Gasteiger partial charge in [-0.2, -0.15) is 0 Å². The first-order chi connectivity index (χ1) is 14.5. The molecule has 1 aromatic heterocycles. The van der Waals surface area contributed by atoms with Gasteiger partial charge in [-0.1, -0.05) is 0 Å². The van der Waals surface area contributed by atoms with Crippen LogP contribution in [0.15, 0.2) is 12.3 Å². The molecule has 3 rings (SSSR count). The van der Waals surface area contributed by atoms with E-state index >= 15 is 0 Å². The van der Waals surface area contributed by atoms with Crippen LogP contribution in [0.5, 0.6) is 5.75 Å². The van der Waals surface area contributed by atoms with Crippen molar-refractivity contribution in [2.24, 2.45) is 5.92 Å². The van der Waals surface area contributed by atoms with E-state index in [-0.39, 0.29) is 30.7 Å². The van der Waals surface area contributed by atoms with Crippen molar-refractivity contribution < 1.29 is 28.6 Å². The zero-order valence-corrected chi connectivity index (χ0v) is 17.5. The molecule has 0 spiro atoms. The predicted octanol–water partition coefficient (Wildman–Crippen LogP) is 0.461. The highest BCUT2D eigenvalue weighted by Crippen LogP contribution is 2.29. The third-order valence-corrected chi connectivity index (χ3v) is 5.57. The molecule has 0 aliphatic carbocycles. The van der Waals surface area contributed by atoms with Crippen molar-refractivity contribution in [3.8, 4) is 5.75 Å². The number of nitrogens with one attached hydrogen (secondary N) is 2. The molecule has 0 radical (unpaired) electrons. The van der Waals surface area contributed by atoms with Crippen LogP contribution >= 0.6 is 0 Å². The van der Waals surface area contributed by atoms with E-state index in [9.17, 15) is 14.4 Å². The molecule has 2 saturated heterocycles. The largest absolute Gasteiger partial charge is 0.494 e. The van der Waals surface area contributed by atoms with Gasteiger partial charge in [0.25, 0.3) is 5.91 Å². The van der Waals surface area contributed by atoms with Crippen LogP contribution in [0.25, 0.3) is 0 Å². The van der Waals surface area contributed by atoms with E-state index in [1.54, 1.807) is 26.5 Å². The van der Waals surface area contributed by atoms with Crippen molar-refractivity contribution in [3.63, 3.8) is 0 Å². The fourth-order valence-corrected chi connectivity index (χ4v) is 3.90. The predicted molar refractivity (Wildman–Crippen MR) is 107 cm³/mol. The van der Waals surface area contributed by atoms with E-state index in [4.69, 9.17) is 14.2 Å². The molecule has 10 heteroatoms. The zero-order valence-electron chi connectivity index (χ0n) is 17.5. The molecule has 1 aromatic rings. The minimum Gasteiger partial charge on any atom is -0.494 e. The van der Waals surface area contributed by atoms with Crippen LogP contribution in [0.3, 0.4) is 0 Å². The van der Waals surface area contributed by atoms with Gasteiger partial charge in [-0.25, -0.2) is 4.98 Å². The first-order valence-electron chi connectivity index (χ1n) is 9.96. The summed E-state index contributed by atoms with van der Waals surface area (Å²) < 4.78 is 16.1. The molecule has 0 bridgehead atoms. The van der Waals surface area contributed by atoms with Crippen molar-refractivity contribution in [2.75, 3.05) is 39.3 Å². The molecule has 3 amide bonds. The standard InChI is InChI=1S/C20H28N4O6/c1-28-15-10-13(24-8-6-12(7-9-24)20(29-2)30-3)11-21-17(15)19(27)22-14-4-5-16(25)23-18(14)26/h10-12,14,20H,4-9H2,1-3H3,(H,22,27)(H,23,25,26)/t14-/m0/s1. The molecule has 2 N–H and O–H groups in total. The van der Waals surface area contributed by atoms with Gasteiger partial charge in [0.1, 0.15) is 6.04 Å². The Labute approximate surface area is 175 Å². The van der Waals surface area contributed by atoms with Crippen LogP contribution in [0.1, 0.15) is 36.2 Å². The minimum absolute atomic E-state index is 0.0969. The number of nitrogens with zero attached hydrogens (tertiary/aromatic N) is 2. The molecular formula is C20H28N4O6. The number of carbonyl (C=O) groups excluding carboxylic acids is 3. The molecule has 0 saturated carbocycles. The van der Waals surface area contributed by atoms with E-state index in [1.807, 2.05) is 0 Å². The Morgan fingerprint density at radius 3 is 2.50 bits per heavy atom. The Morgan fingerprint density at radius 2 is 1.90 bits per heavy atom. The molecule has 164 valence electrons. The van der Waals surface area contributed by atoms with Crippen molar-refractivity contribution in [1.29, 1.82) is 0 Å². The number of aromatic nitrogens is 1. The van der Waals surface area contributed by atoms with Gasteiger partial charge in [0.05, 0.1) is 19.0 Å². The summed E-state index contributed by atoms with van der Waals surface area (Å²) in [4.78, 5) is 42.2. The van der Waals surface area contributed by atoms with Crippen LogP contribution in [-0.4, -0.2) is 69.5 Å². The van der Waals surface area contributed by atoms with E-state index in [0.29, 0.717) is 11.7 Å². The van der Waals surface area contributed by atoms with Crippen molar-refractivity contribution in [2.45, 2.75) is 38.0 Å². The second kappa shape index (κ2) is 9.86. The van der Waals surface area contributed by atoms with E-state index in [1.165, 1.54) is 7.11 Å². The fourth-order valence-electron chi connectivity index (χ4n) is 3.90. The number of rotatable bonds is 7. The summed E-state index contributed by atoms with van der Waals surface area (Å²) in [5, 5.41) is 4.84. The number of hydrogen-bond donors (Lipinski definition) is 2. The van der Waals surface area contributed by atoms with E-state index < -0.39 is 17.9 Å². The van der Waals surface area contributed by atoms with Gasteiger partial charge >= 0.3 is 0 Å². The number of piperidine rings is 2. The molecule has 2 aliphatic heterocycles. The third-order valence-electron chi connectivity index (χ3n) is 5.57. The average molecular weight is 420 g/mol. The van der Waals surface area contributed by atoms with Gasteiger partial charge in [0.15, 0.2) is 17.7 Å². The Hall–Kier alpha value is -2.72. The topological polar surface area (TPSA) is 119 Å². The molecule has 2 fully saturated rings. The number of carbonyl (C=O) groups is 3. The molecular weight excluding hydrogens is 392 g/mol. The summed E-state index contributed by atoms with van der Waals surface area (Å²) in [6, 6.07) is 1.01. The first kappa shape index (κ1) is 22.0. The summed E-state index contributed by atoms with van der Waals surface area (Å²) in [6.07, 6.45) is 3.68. The van der Waals surface area contributed by atoms with Crippen LogP contribution < -0.4 is 20.3 Å². The van der Waals surface area contributed by atoms with Gasteiger partial charge in [-0.3, -0.25) is 19.7 Å². The van der Waals surface area contributed by atoms with Crippen molar-refractivity contribution in [3.05, 3.63) is 18.0 Å². The Morgan fingerprint density at radius 1 is 1.20 bits per heavy atom. The smallest absolute Gasteiger partial charge is 0.274 e. The first-order valence-corrected chi connectivity index (χ1v) is 9.96.